The Balaban J connectivity index is 2.31. The molecule has 18 heavy (non-hydrogen) atoms. The average molecular weight is 276 g/mol. The van der Waals surface area contributed by atoms with E-state index in [0.29, 0.717) is 30.0 Å². The highest BCUT2D eigenvalue weighted by atomic mass is 32.2. The molecule has 1 heterocycles. The Kier molecular flexibility index (Phi) is 6.08. The minimum atomic E-state index is -2.79. The monoisotopic (exact) mass is 276 g/mol. The maximum Gasteiger partial charge on any atom is 0.153 e. The van der Waals surface area contributed by atoms with Gasteiger partial charge in [0.1, 0.15) is 0 Å². The highest BCUT2D eigenvalue weighted by Gasteiger charge is 2.30. The van der Waals surface area contributed by atoms with E-state index in [4.69, 9.17) is 0 Å². The van der Waals surface area contributed by atoms with E-state index in [1.54, 1.807) is 0 Å². The minimum Gasteiger partial charge on any atom is -0.316 e. The van der Waals surface area contributed by atoms with Crippen molar-refractivity contribution in [3.05, 3.63) is 0 Å². The summed E-state index contributed by atoms with van der Waals surface area (Å²) in [5, 5.41) is 3.44. The summed E-state index contributed by atoms with van der Waals surface area (Å²) in [5.74, 6) is 1.32. The standard InChI is InChI=1S/C13H28N2O2S/c1-11(2)9-14-6-5-12(3)15-7-8-18(16,17)10-13(15)4/h11-14H,5-10H2,1-4H3. The normalized spacial score (nSPS) is 26.4. The summed E-state index contributed by atoms with van der Waals surface area (Å²) in [6.45, 7) is 11.4. The van der Waals surface area contributed by atoms with Crippen LogP contribution in [0.1, 0.15) is 34.1 Å². The molecule has 1 rings (SSSR count). The quantitative estimate of drug-likeness (QED) is 0.739. The topological polar surface area (TPSA) is 49.4 Å². The highest BCUT2D eigenvalue weighted by Crippen LogP contribution is 2.16. The Bertz CT molecular complexity index is 341. The van der Waals surface area contributed by atoms with Gasteiger partial charge in [0.05, 0.1) is 11.5 Å². The van der Waals surface area contributed by atoms with Crippen molar-refractivity contribution in [2.75, 3.05) is 31.1 Å². The van der Waals surface area contributed by atoms with Crippen molar-refractivity contribution in [2.45, 2.75) is 46.2 Å². The minimum absolute atomic E-state index is 0.156. The Labute approximate surface area is 112 Å². The molecule has 0 amide bonds. The molecule has 1 N–H and O–H groups in total. The summed E-state index contributed by atoms with van der Waals surface area (Å²) in [6.07, 6.45) is 1.08. The van der Waals surface area contributed by atoms with Crippen LogP contribution >= 0.6 is 0 Å². The van der Waals surface area contributed by atoms with E-state index in [0.717, 1.165) is 19.5 Å². The lowest BCUT2D eigenvalue weighted by atomic mass is 10.1. The molecule has 1 aliphatic rings. The SMILES string of the molecule is CC(C)CNCCC(C)N1CCS(=O)(=O)CC1C. The van der Waals surface area contributed by atoms with Crippen molar-refractivity contribution in [3.8, 4) is 0 Å². The predicted molar refractivity (Wildman–Crippen MR) is 76.6 cm³/mol. The van der Waals surface area contributed by atoms with Crippen LogP contribution in [0.5, 0.6) is 0 Å². The molecule has 0 spiro atoms. The van der Waals surface area contributed by atoms with E-state index >= 15 is 0 Å². The maximum atomic E-state index is 11.5. The molecule has 4 nitrogen and oxygen atoms in total. The van der Waals surface area contributed by atoms with Gasteiger partial charge in [0.2, 0.25) is 0 Å². The van der Waals surface area contributed by atoms with Gasteiger partial charge in [-0.2, -0.15) is 0 Å². The third-order valence-electron chi connectivity index (χ3n) is 3.58. The Morgan fingerprint density at radius 1 is 1.33 bits per heavy atom. The number of nitrogens with one attached hydrogen (secondary N) is 1. The van der Waals surface area contributed by atoms with E-state index in [1.807, 2.05) is 6.92 Å². The van der Waals surface area contributed by atoms with Crippen LogP contribution in [0.15, 0.2) is 0 Å². The highest BCUT2D eigenvalue weighted by molar-refractivity contribution is 7.91. The number of hydrogen-bond donors (Lipinski definition) is 1. The summed E-state index contributed by atoms with van der Waals surface area (Å²) in [6, 6.07) is 0.610. The van der Waals surface area contributed by atoms with Crippen LogP contribution < -0.4 is 5.32 Å². The molecule has 0 aromatic heterocycles. The van der Waals surface area contributed by atoms with Gasteiger partial charge in [-0.05, 0) is 39.3 Å². The van der Waals surface area contributed by atoms with Crippen molar-refractivity contribution in [1.82, 2.24) is 10.2 Å². The molecular weight excluding hydrogens is 248 g/mol. The van der Waals surface area contributed by atoms with E-state index in [-0.39, 0.29) is 6.04 Å². The van der Waals surface area contributed by atoms with Gasteiger partial charge >= 0.3 is 0 Å². The molecular formula is C13H28N2O2S. The zero-order valence-corrected chi connectivity index (χ0v) is 13.0. The van der Waals surface area contributed by atoms with Crippen LogP contribution in [0.4, 0.5) is 0 Å². The summed E-state index contributed by atoms with van der Waals surface area (Å²) >= 11 is 0. The molecule has 1 fully saturated rings. The molecule has 5 heteroatoms. The summed E-state index contributed by atoms with van der Waals surface area (Å²) in [5.41, 5.74) is 0. The largest absolute Gasteiger partial charge is 0.316 e. The molecule has 0 aromatic rings. The summed E-state index contributed by atoms with van der Waals surface area (Å²) < 4.78 is 23.1. The number of rotatable bonds is 6. The maximum absolute atomic E-state index is 11.5. The lowest BCUT2D eigenvalue weighted by Crippen LogP contribution is -2.51. The molecule has 0 radical (unpaired) electrons. The Hall–Kier alpha value is -0.130. The zero-order chi connectivity index (χ0) is 13.8. The lowest BCUT2D eigenvalue weighted by Gasteiger charge is -2.37. The molecule has 1 saturated heterocycles. The first-order valence-corrected chi connectivity index (χ1v) is 8.81. The van der Waals surface area contributed by atoms with E-state index in [1.165, 1.54) is 0 Å². The van der Waals surface area contributed by atoms with E-state index < -0.39 is 9.84 Å². The molecule has 108 valence electrons. The van der Waals surface area contributed by atoms with Gasteiger partial charge in [-0.15, -0.1) is 0 Å². The Morgan fingerprint density at radius 3 is 2.56 bits per heavy atom. The average Bonchev–Trinajstić information content (AvgIpc) is 2.22. The lowest BCUT2D eigenvalue weighted by molar-refractivity contribution is 0.160. The van der Waals surface area contributed by atoms with E-state index in [9.17, 15) is 8.42 Å². The molecule has 2 atom stereocenters. The van der Waals surface area contributed by atoms with Gasteiger partial charge in [0.25, 0.3) is 0 Å². The zero-order valence-electron chi connectivity index (χ0n) is 12.1. The fourth-order valence-electron chi connectivity index (χ4n) is 2.53. The second kappa shape index (κ2) is 6.87. The van der Waals surface area contributed by atoms with Gasteiger partial charge in [0, 0.05) is 18.6 Å². The van der Waals surface area contributed by atoms with Crippen LogP contribution in [-0.4, -0.2) is 56.5 Å². The van der Waals surface area contributed by atoms with Crippen molar-refractivity contribution >= 4 is 9.84 Å². The molecule has 0 aromatic carbocycles. The molecule has 0 aliphatic carbocycles. The third-order valence-corrected chi connectivity index (χ3v) is 5.37. The van der Waals surface area contributed by atoms with Crippen molar-refractivity contribution in [1.29, 1.82) is 0 Å². The van der Waals surface area contributed by atoms with Crippen LogP contribution in [0.2, 0.25) is 0 Å². The van der Waals surface area contributed by atoms with Crippen LogP contribution in [0.25, 0.3) is 0 Å². The van der Waals surface area contributed by atoms with Crippen molar-refractivity contribution < 1.29 is 8.42 Å². The fraction of sp³-hybridized carbons (Fsp3) is 1.00. The molecule has 0 bridgehead atoms. The second-order valence-electron chi connectivity index (χ2n) is 5.94. The van der Waals surface area contributed by atoms with Gasteiger partial charge in [-0.3, -0.25) is 4.90 Å². The number of sulfone groups is 1. The first-order chi connectivity index (χ1) is 8.32. The van der Waals surface area contributed by atoms with Crippen LogP contribution in [0, 0.1) is 5.92 Å². The van der Waals surface area contributed by atoms with Crippen molar-refractivity contribution in [3.63, 3.8) is 0 Å². The molecule has 0 saturated carbocycles. The van der Waals surface area contributed by atoms with Crippen molar-refractivity contribution in [2.24, 2.45) is 5.92 Å². The van der Waals surface area contributed by atoms with Crippen LogP contribution in [0.3, 0.4) is 0 Å². The summed E-state index contributed by atoms with van der Waals surface area (Å²) in [7, 11) is -2.79. The van der Waals surface area contributed by atoms with E-state index in [2.05, 4.69) is 31.0 Å². The third kappa shape index (κ3) is 5.24. The smallest absolute Gasteiger partial charge is 0.153 e. The van der Waals surface area contributed by atoms with Gasteiger partial charge in [-0.1, -0.05) is 13.8 Å². The fourth-order valence-corrected chi connectivity index (χ4v) is 4.12. The molecule has 1 aliphatic heterocycles. The first-order valence-electron chi connectivity index (χ1n) is 6.98. The predicted octanol–water partition coefficient (Wildman–Crippen LogP) is 1.13. The molecule has 2 unspecified atom stereocenters. The van der Waals surface area contributed by atoms with Gasteiger partial charge in [0.15, 0.2) is 9.84 Å². The number of nitrogens with zero attached hydrogens (tertiary/aromatic N) is 1. The first kappa shape index (κ1) is 15.9. The van der Waals surface area contributed by atoms with Gasteiger partial charge < -0.3 is 5.32 Å². The number of hydrogen-bond acceptors (Lipinski definition) is 4. The van der Waals surface area contributed by atoms with Gasteiger partial charge in [-0.25, -0.2) is 8.42 Å². The summed E-state index contributed by atoms with van der Waals surface area (Å²) in [4.78, 5) is 2.33. The Morgan fingerprint density at radius 2 is 2.00 bits per heavy atom. The van der Waals surface area contributed by atoms with Crippen LogP contribution in [-0.2, 0) is 9.84 Å². The second-order valence-corrected chi connectivity index (χ2v) is 8.17.